The lowest BCUT2D eigenvalue weighted by Gasteiger charge is -2.22. The molecule has 5 nitrogen and oxygen atoms in total. The predicted octanol–water partition coefficient (Wildman–Crippen LogP) is 1.04. The lowest BCUT2D eigenvalue weighted by Crippen LogP contribution is -2.40. The van der Waals surface area contributed by atoms with Gasteiger partial charge in [-0.15, -0.1) is 0 Å². The molecule has 1 aliphatic rings. The van der Waals surface area contributed by atoms with E-state index in [4.69, 9.17) is 9.94 Å². The van der Waals surface area contributed by atoms with Gasteiger partial charge < -0.3 is 9.94 Å². The summed E-state index contributed by atoms with van der Waals surface area (Å²) in [4.78, 5) is 27.0. The van der Waals surface area contributed by atoms with Crippen LogP contribution in [0.3, 0.4) is 0 Å². The number of benzene rings is 1. The van der Waals surface area contributed by atoms with Gasteiger partial charge in [-0.3, -0.25) is 9.59 Å². The molecule has 1 amide bonds. The molecule has 1 aromatic rings. The van der Waals surface area contributed by atoms with Crippen molar-refractivity contribution in [2.24, 2.45) is 0 Å². The normalized spacial score (nSPS) is 18.7. The average Bonchev–Trinajstić information content (AvgIpc) is 2.17. The number of carboxylic acid groups (broad SMARTS) is 1. The smallest absolute Gasteiger partial charge is 0.320 e. The van der Waals surface area contributed by atoms with Crippen LogP contribution < -0.4 is 10.3 Å². The first-order valence-corrected chi connectivity index (χ1v) is 4.88. The van der Waals surface area contributed by atoms with Crippen LogP contribution in [0.2, 0.25) is 0 Å². The minimum absolute atomic E-state index is 0.344. The fourth-order valence-corrected chi connectivity index (χ4v) is 1.73. The lowest BCUT2D eigenvalue weighted by molar-refractivity contribution is -0.146. The maximum Gasteiger partial charge on any atom is 0.320 e. The minimum atomic E-state index is -1.21. The number of carbonyl (C=O) groups excluding carboxylic acids is 1. The third-order valence-corrected chi connectivity index (χ3v) is 2.55. The first kappa shape index (κ1) is 9.97. The van der Waals surface area contributed by atoms with Gasteiger partial charge in [-0.1, -0.05) is 22.0 Å². The van der Waals surface area contributed by atoms with Crippen LogP contribution in [0, 0.1) is 0 Å². The van der Waals surface area contributed by atoms with E-state index in [0.717, 1.165) is 4.47 Å². The Morgan fingerprint density at radius 2 is 2.27 bits per heavy atom. The molecule has 1 heterocycles. The van der Waals surface area contributed by atoms with Crippen molar-refractivity contribution in [1.82, 2.24) is 5.48 Å². The molecule has 6 heteroatoms. The second-order valence-corrected chi connectivity index (χ2v) is 3.94. The van der Waals surface area contributed by atoms with E-state index >= 15 is 0 Å². The van der Waals surface area contributed by atoms with Crippen molar-refractivity contribution in [1.29, 1.82) is 0 Å². The summed E-state index contributed by atoms with van der Waals surface area (Å²) in [6.07, 6.45) is 0. The quantitative estimate of drug-likeness (QED) is 0.749. The van der Waals surface area contributed by atoms with E-state index in [1.807, 2.05) is 0 Å². The standard InChI is InChI=1S/C9H6BrNO4/c10-4-1-2-5-6(3-4)15-11-8(12)7(5)9(13)14/h1-3,7H,(H,11,12)(H,13,14). The number of rotatable bonds is 1. The highest BCUT2D eigenvalue weighted by atomic mass is 79.9. The summed E-state index contributed by atoms with van der Waals surface area (Å²) < 4.78 is 0.751. The van der Waals surface area contributed by atoms with Crippen molar-refractivity contribution in [2.75, 3.05) is 0 Å². The van der Waals surface area contributed by atoms with Crippen molar-refractivity contribution >= 4 is 27.8 Å². The van der Waals surface area contributed by atoms with Gasteiger partial charge in [-0.2, -0.15) is 5.48 Å². The van der Waals surface area contributed by atoms with Crippen molar-refractivity contribution in [3.8, 4) is 5.75 Å². The maximum absolute atomic E-state index is 11.3. The first-order chi connectivity index (χ1) is 7.09. The Morgan fingerprint density at radius 1 is 1.53 bits per heavy atom. The number of nitrogens with one attached hydrogen (secondary N) is 1. The van der Waals surface area contributed by atoms with Crippen LogP contribution in [-0.2, 0) is 9.59 Å². The topological polar surface area (TPSA) is 75.6 Å². The van der Waals surface area contributed by atoms with Crippen LogP contribution in [0.5, 0.6) is 5.75 Å². The van der Waals surface area contributed by atoms with Gasteiger partial charge in [-0.05, 0) is 12.1 Å². The average molecular weight is 272 g/mol. The van der Waals surface area contributed by atoms with Crippen LogP contribution in [0.1, 0.15) is 11.5 Å². The molecular formula is C9H6BrNO4. The zero-order valence-electron chi connectivity index (χ0n) is 7.36. The van der Waals surface area contributed by atoms with E-state index in [9.17, 15) is 9.59 Å². The van der Waals surface area contributed by atoms with Crippen molar-refractivity contribution in [3.63, 3.8) is 0 Å². The van der Waals surface area contributed by atoms with Gasteiger partial charge in [0.05, 0.1) is 0 Å². The molecule has 1 atom stereocenters. The number of fused-ring (bicyclic) bond motifs is 1. The molecule has 0 saturated carbocycles. The van der Waals surface area contributed by atoms with Gasteiger partial charge >= 0.3 is 5.97 Å². The summed E-state index contributed by atoms with van der Waals surface area (Å²) >= 11 is 3.22. The van der Waals surface area contributed by atoms with Gasteiger partial charge in [0.1, 0.15) is 0 Å². The highest BCUT2D eigenvalue weighted by Crippen LogP contribution is 2.32. The second kappa shape index (κ2) is 3.54. The van der Waals surface area contributed by atoms with Gasteiger partial charge in [0, 0.05) is 10.0 Å². The van der Waals surface area contributed by atoms with Crippen molar-refractivity contribution in [2.45, 2.75) is 5.92 Å². The molecule has 0 saturated heterocycles. The van der Waals surface area contributed by atoms with E-state index in [1.54, 1.807) is 18.2 Å². The number of carbonyl (C=O) groups is 2. The molecule has 0 fully saturated rings. The number of aliphatic carboxylic acids is 1. The first-order valence-electron chi connectivity index (χ1n) is 4.08. The fourth-order valence-electron chi connectivity index (χ4n) is 1.39. The van der Waals surface area contributed by atoms with Crippen molar-refractivity contribution in [3.05, 3.63) is 28.2 Å². The van der Waals surface area contributed by atoms with Gasteiger partial charge in [0.2, 0.25) is 0 Å². The van der Waals surface area contributed by atoms with E-state index in [1.165, 1.54) is 0 Å². The molecular weight excluding hydrogens is 266 g/mol. The summed E-state index contributed by atoms with van der Waals surface area (Å²) in [6.45, 7) is 0. The van der Waals surface area contributed by atoms with Crippen LogP contribution in [-0.4, -0.2) is 17.0 Å². The molecule has 0 aromatic heterocycles. The Balaban J connectivity index is 2.53. The van der Waals surface area contributed by atoms with Gasteiger partial charge in [0.25, 0.3) is 5.91 Å². The number of hydrogen-bond donors (Lipinski definition) is 2. The third kappa shape index (κ3) is 1.68. The largest absolute Gasteiger partial charge is 0.480 e. The van der Waals surface area contributed by atoms with Crippen LogP contribution >= 0.6 is 15.9 Å². The highest BCUT2D eigenvalue weighted by molar-refractivity contribution is 9.10. The monoisotopic (exact) mass is 271 g/mol. The van der Waals surface area contributed by atoms with Crippen molar-refractivity contribution < 1.29 is 19.5 Å². The van der Waals surface area contributed by atoms with E-state index < -0.39 is 17.8 Å². The zero-order chi connectivity index (χ0) is 11.0. The Bertz CT molecular complexity index is 446. The van der Waals surface area contributed by atoms with E-state index in [2.05, 4.69) is 21.4 Å². The number of hydroxylamine groups is 1. The molecule has 78 valence electrons. The summed E-state index contributed by atoms with van der Waals surface area (Å²) in [5.41, 5.74) is 2.41. The summed E-state index contributed by atoms with van der Waals surface area (Å²) in [5, 5.41) is 8.90. The molecule has 0 spiro atoms. The molecule has 0 bridgehead atoms. The lowest BCUT2D eigenvalue weighted by atomic mass is 9.97. The Labute approximate surface area is 93.1 Å². The number of amides is 1. The molecule has 1 aromatic carbocycles. The maximum atomic E-state index is 11.3. The third-order valence-electron chi connectivity index (χ3n) is 2.06. The molecule has 0 radical (unpaired) electrons. The second-order valence-electron chi connectivity index (χ2n) is 3.02. The Morgan fingerprint density at radius 3 is 2.93 bits per heavy atom. The van der Waals surface area contributed by atoms with E-state index in [0.29, 0.717) is 11.3 Å². The predicted molar refractivity (Wildman–Crippen MR) is 53.3 cm³/mol. The molecule has 2 N–H and O–H groups in total. The van der Waals surface area contributed by atoms with Crippen LogP contribution in [0.25, 0.3) is 0 Å². The molecule has 1 aliphatic heterocycles. The Kier molecular flexibility index (Phi) is 2.36. The summed E-state index contributed by atoms with van der Waals surface area (Å²) in [6, 6.07) is 4.82. The molecule has 15 heavy (non-hydrogen) atoms. The van der Waals surface area contributed by atoms with Crippen LogP contribution in [0.4, 0.5) is 0 Å². The summed E-state index contributed by atoms with van der Waals surface area (Å²) in [5.74, 6) is -2.73. The van der Waals surface area contributed by atoms with Gasteiger partial charge in [0.15, 0.2) is 11.7 Å². The molecule has 1 unspecified atom stereocenters. The Hall–Kier alpha value is -1.56. The number of halogens is 1. The van der Waals surface area contributed by atoms with Gasteiger partial charge in [-0.25, -0.2) is 0 Å². The SMILES string of the molecule is O=C(O)C1C(=O)NOc2cc(Br)ccc21. The zero-order valence-corrected chi connectivity index (χ0v) is 8.95. The minimum Gasteiger partial charge on any atom is -0.480 e. The van der Waals surface area contributed by atoms with E-state index in [-0.39, 0.29) is 0 Å². The van der Waals surface area contributed by atoms with Crippen LogP contribution in [0.15, 0.2) is 22.7 Å². The fraction of sp³-hybridized carbons (Fsp3) is 0.111. The molecule has 0 aliphatic carbocycles. The molecule has 2 rings (SSSR count). The highest BCUT2D eigenvalue weighted by Gasteiger charge is 2.35. The summed E-state index contributed by atoms with van der Waals surface area (Å²) in [7, 11) is 0. The number of carboxylic acids is 1. The number of hydrogen-bond acceptors (Lipinski definition) is 3.